The monoisotopic (exact) mass is 1420 g/mol. The molecule has 0 aromatic heterocycles. The number of nitrogens with one attached hydrogen (secondary N) is 6. The Hall–Kier alpha value is -4.39. The molecule has 35 nitrogen and oxygen atoms in total. The van der Waals surface area contributed by atoms with Gasteiger partial charge in [-0.25, -0.2) is 0 Å². The molecule has 6 amide bonds. The van der Waals surface area contributed by atoms with Crippen molar-refractivity contribution in [3.8, 4) is 5.75 Å². The van der Waals surface area contributed by atoms with Crippen molar-refractivity contribution in [3.63, 3.8) is 0 Å². The molecule has 4 rings (SSSR count). The van der Waals surface area contributed by atoms with E-state index in [2.05, 4.69) is 31.9 Å². The molecular weight excluding hydrogens is 1320 g/mol. The molecule has 17 atom stereocenters. The van der Waals surface area contributed by atoms with Crippen molar-refractivity contribution >= 4 is 53.7 Å². The lowest BCUT2D eigenvalue weighted by molar-refractivity contribution is -0.272. The number of aliphatic hydroxyl groups excluding tert-OH is 9. The fourth-order valence-corrected chi connectivity index (χ4v) is 11.0. The molecule has 0 radical (unpaired) electrons. The number of carbonyl (C=O) groups excluding carboxylic acids is 6. The van der Waals surface area contributed by atoms with Crippen LogP contribution in [0.5, 0.6) is 5.75 Å². The van der Waals surface area contributed by atoms with Gasteiger partial charge in [-0.3, -0.25) is 33.7 Å². The Bertz CT molecular complexity index is 2410. The summed E-state index contributed by atoms with van der Waals surface area (Å²) in [4.78, 5) is 89.4. The molecule has 3 saturated heterocycles. The zero-order valence-electron chi connectivity index (χ0n) is 54.9. The molecule has 17 unspecified atom stereocenters. The van der Waals surface area contributed by atoms with Crippen LogP contribution in [0.25, 0.3) is 0 Å². The maximum atomic E-state index is 14.4. The summed E-state index contributed by atoms with van der Waals surface area (Å²) >= 11 is 5.33. The lowest BCUT2D eigenvalue weighted by atomic mass is 9.90. The van der Waals surface area contributed by atoms with Gasteiger partial charge < -0.3 is 139 Å². The van der Waals surface area contributed by atoms with Gasteiger partial charge in [0.15, 0.2) is 12.6 Å². The average Bonchev–Trinajstić information content (AvgIpc) is 0.833. The van der Waals surface area contributed by atoms with Crippen LogP contribution in [0.4, 0.5) is 0 Å². The Balaban J connectivity index is 1.34. The normalized spacial score (nSPS) is 26.9. The molecule has 96 heavy (non-hydrogen) atoms. The Kier molecular flexibility index (Phi) is 39.7. The van der Waals surface area contributed by atoms with Crippen LogP contribution in [0.3, 0.4) is 0 Å². The van der Waals surface area contributed by atoms with Gasteiger partial charge in [-0.1, -0.05) is 26.0 Å². The van der Waals surface area contributed by atoms with Gasteiger partial charge in [0.05, 0.1) is 137 Å². The van der Waals surface area contributed by atoms with Crippen LogP contribution in [-0.2, 0) is 99.1 Å². The molecule has 0 saturated carbocycles. The van der Waals surface area contributed by atoms with Gasteiger partial charge in [-0.15, -0.1) is 0 Å². The highest BCUT2D eigenvalue weighted by Gasteiger charge is 2.47. The number of carbonyl (C=O) groups is 6. The third-order valence-electron chi connectivity index (χ3n) is 15.2. The highest BCUT2D eigenvalue weighted by Crippen LogP contribution is 2.47. The minimum atomic E-state index is -3.20. The van der Waals surface area contributed by atoms with E-state index in [9.17, 15) is 79.6 Å². The number of aliphatic hydroxyl groups is 9. The molecule has 0 aliphatic carbocycles. The number of ether oxygens (including phenoxy) is 11. The summed E-state index contributed by atoms with van der Waals surface area (Å²) < 4.78 is 67.8. The summed E-state index contributed by atoms with van der Waals surface area (Å²) in [7, 11) is 0. The van der Waals surface area contributed by atoms with E-state index in [1.165, 1.54) is 25.7 Å². The maximum Gasteiger partial charge on any atom is 0.238 e. The topological polar surface area (TPSA) is 491 Å². The van der Waals surface area contributed by atoms with Gasteiger partial charge in [0, 0.05) is 52.7 Å². The number of amides is 6. The van der Waals surface area contributed by atoms with Crippen LogP contribution in [0.1, 0.15) is 53.0 Å². The second kappa shape index (κ2) is 45.4. The number of hydrogen-bond donors (Lipinski definition) is 16. The highest BCUT2D eigenvalue weighted by molar-refractivity contribution is 8.09. The molecule has 0 bridgehead atoms. The first-order valence-corrected chi connectivity index (χ1v) is 34.6. The molecule has 3 aliphatic heterocycles. The fourth-order valence-electron chi connectivity index (χ4n) is 10.1. The molecule has 16 N–H and O–H groups in total. The lowest BCUT2D eigenvalue weighted by Gasteiger charge is -2.42. The second-order valence-corrected chi connectivity index (χ2v) is 26.9. The predicted octanol–water partition coefficient (Wildman–Crippen LogP) is -6.88. The van der Waals surface area contributed by atoms with E-state index in [4.69, 9.17) is 68.4 Å². The van der Waals surface area contributed by atoms with Crippen LogP contribution in [0, 0.1) is 0 Å². The molecule has 3 heterocycles. The van der Waals surface area contributed by atoms with Crippen LogP contribution in [-0.4, -0.2) is 340 Å². The van der Waals surface area contributed by atoms with Gasteiger partial charge in [0.25, 0.3) is 0 Å². The minimum Gasteiger partial charge on any atom is -0.443 e. The van der Waals surface area contributed by atoms with Crippen molar-refractivity contribution in [2.45, 2.75) is 157 Å². The van der Waals surface area contributed by atoms with E-state index in [0.717, 1.165) is 0 Å². The molecular formula is C59H102N7O28PS. The van der Waals surface area contributed by atoms with Crippen molar-refractivity contribution < 1.29 is 136 Å². The molecule has 552 valence electrons. The van der Waals surface area contributed by atoms with Crippen molar-refractivity contribution in [2.75, 3.05) is 145 Å². The largest absolute Gasteiger partial charge is 0.443 e. The summed E-state index contributed by atoms with van der Waals surface area (Å²) in [5.41, 5.74) is 0.243. The zero-order chi connectivity index (χ0) is 70.7. The number of rotatable bonds is 47. The van der Waals surface area contributed by atoms with Crippen molar-refractivity contribution in [1.29, 1.82) is 0 Å². The lowest BCUT2D eigenvalue weighted by Crippen LogP contribution is -2.64. The van der Waals surface area contributed by atoms with E-state index in [0.29, 0.717) is 24.2 Å². The zero-order valence-corrected chi connectivity index (χ0v) is 56.6. The molecule has 37 heteroatoms. The first kappa shape index (κ1) is 84.0. The number of nitrogens with zero attached hydrogens (tertiary/aromatic N) is 1. The SMILES string of the molecule is CC(=O)NC1C(CCCOCCOCCNC(=O)C(Cc2ccc(OP(O)(=S)C(C)C)cc2)N(CC(=O)NCCOCCOCCOC2OC(CO)C(O)C(O)C2NC(C)=O)CC(=O)NCCOCCOCCOC2OC(CO)C(O)C(O)C2NC(C)=O)OC(CO)C(O)C1O. The Morgan fingerprint density at radius 2 is 0.885 bits per heavy atom. The van der Waals surface area contributed by atoms with Crippen molar-refractivity contribution in [3.05, 3.63) is 29.8 Å². The van der Waals surface area contributed by atoms with E-state index >= 15 is 0 Å². The number of benzene rings is 1. The summed E-state index contributed by atoms with van der Waals surface area (Å²) in [6.45, 7) is 2.23. The van der Waals surface area contributed by atoms with E-state index in [1.54, 1.807) is 38.1 Å². The van der Waals surface area contributed by atoms with Crippen LogP contribution < -0.4 is 36.4 Å². The van der Waals surface area contributed by atoms with E-state index in [-0.39, 0.29) is 124 Å². The number of hydrogen-bond acceptors (Lipinski definition) is 29. The van der Waals surface area contributed by atoms with Gasteiger partial charge in [-0.2, -0.15) is 0 Å². The van der Waals surface area contributed by atoms with Crippen LogP contribution >= 0.6 is 6.49 Å². The molecule has 3 fully saturated rings. The van der Waals surface area contributed by atoms with Gasteiger partial charge >= 0.3 is 0 Å². The van der Waals surface area contributed by atoms with Gasteiger partial charge in [0.2, 0.25) is 41.9 Å². The molecule has 3 aliphatic rings. The molecule has 1 aromatic rings. The quantitative estimate of drug-likeness (QED) is 0.0213. The van der Waals surface area contributed by atoms with Gasteiger partial charge in [-0.05, 0) is 48.8 Å². The first-order chi connectivity index (χ1) is 45.8. The first-order valence-electron chi connectivity index (χ1n) is 31.9. The summed E-state index contributed by atoms with van der Waals surface area (Å²) in [5.74, 6) is -2.86. The third kappa shape index (κ3) is 29.8. The Morgan fingerprint density at radius 1 is 0.510 bits per heavy atom. The maximum absolute atomic E-state index is 14.4. The summed E-state index contributed by atoms with van der Waals surface area (Å²) in [6.07, 6.45) is -14.4. The van der Waals surface area contributed by atoms with Crippen molar-refractivity contribution in [2.24, 2.45) is 0 Å². The van der Waals surface area contributed by atoms with Crippen molar-refractivity contribution in [1.82, 2.24) is 36.8 Å². The molecule has 1 aromatic carbocycles. The summed E-state index contributed by atoms with van der Waals surface area (Å²) in [5, 5.41) is 107. The molecule has 0 spiro atoms. The van der Waals surface area contributed by atoms with Crippen LogP contribution in [0.15, 0.2) is 24.3 Å². The van der Waals surface area contributed by atoms with Crippen LogP contribution in [0.2, 0.25) is 0 Å². The Labute approximate surface area is 562 Å². The summed E-state index contributed by atoms with van der Waals surface area (Å²) in [6, 6.07) is 2.19. The van der Waals surface area contributed by atoms with E-state index in [1.807, 2.05) is 0 Å². The van der Waals surface area contributed by atoms with Gasteiger partial charge in [0.1, 0.15) is 72.8 Å². The standard InChI is InChI=1S/C59H102N7O28PS/c1-35(2)95(82,96)94-40-10-8-39(9-11-40)29-41(57(81)62-14-18-86-20-19-83-15-6-7-42-48(63-36(3)70)54(78)51(75)43(32-67)91-42)66(30-46(73)60-12-16-84-21-23-87-25-27-89-58-49(64-37(4)71)55(79)52(76)44(33-68)92-58)31-47(74)61-13-17-85-22-24-88-26-28-90-59-50(65-38(5)72)56(80)53(77)45(34-69)93-59/h8-11,35,41-45,48-56,58-59,67-69,75-80H,6-7,12-34H2,1-5H3,(H,60,73)(H,61,74)(H,62,81)(H,63,70)(H,64,71)(H,65,72)(H,82,96). The Morgan fingerprint density at radius 3 is 1.30 bits per heavy atom. The third-order valence-corrected chi connectivity index (χ3v) is 18.4. The smallest absolute Gasteiger partial charge is 0.238 e. The average molecular weight is 1420 g/mol. The minimum absolute atomic E-state index is 0.00103. The van der Waals surface area contributed by atoms with E-state index < -0.39 is 173 Å². The fraction of sp³-hybridized carbons (Fsp3) is 0.797. The second-order valence-electron chi connectivity index (χ2n) is 23.0. The highest BCUT2D eigenvalue weighted by atomic mass is 32.5. The predicted molar refractivity (Wildman–Crippen MR) is 339 cm³/mol.